The Labute approximate surface area is 136 Å². The van der Waals surface area contributed by atoms with E-state index < -0.39 is 0 Å². The first-order valence-corrected chi connectivity index (χ1v) is 7.64. The van der Waals surface area contributed by atoms with E-state index in [1.165, 1.54) is 5.56 Å². The lowest BCUT2D eigenvalue weighted by Crippen LogP contribution is -2.11. The summed E-state index contributed by atoms with van der Waals surface area (Å²) in [6.45, 7) is 6.60. The Balaban J connectivity index is 2.21. The smallest absolute Gasteiger partial charge is 0.180 e. The van der Waals surface area contributed by atoms with Gasteiger partial charge in [-0.15, -0.1) is 0 Å². The van der Waals surface area contributed by atoms with Gasteiger partial charge in [0.1, 0.15) is 5.75 Å². The van der Waals surface area contributed by atoms with Gasteiger partial charge in [-0.1, -0.05) is 26.8 Å². The molecule has 3 aromatic rings. The van der Waals surface area contributed by atoms with E-state index in [-0.39, 0.29) is 5.41 Å². The molecule has 120 valence electrons. The zero-order chi connectivity index (χ0) is 16.6. The van der Waals surface area contributed by atoms with Gasteiger partial charge in [0.25, 0.3) is 0 Å². The predicted octanol–water partition coefficient (Wildman–Crippen LogP) is 4.32. The minimum absolute atomic E-state index is 0.0673. The summed E-state index contributed by atoms with van der Waals surface area (Å²) in [6.07, 6.45) is 3.97. The van der Waals surface area contributed by atoms with Gasteiger partial charge < -0.3 is 13.9 Å². The maximum absolute atomic E-state index is 5.54. The van der Waals surface area contributed by atoms with E-state index in [9.17, 15) is 0 Å². The largest absolute Gasteiger partial charge is 0.496 e. The number of nitrogens with zero attached hydrogens (tertiary/aromatic N) is 2. The van der Waals surface area contributed by atoms with E-state index in [1.807, 2.05) is 35.0 Å². The van der Waals surface area contributed by atoms with Crippen LogP contribution < -0.4 is 9.47 Å². The van der Waals surface area contributed by atoms with E-state index in [0.29, 0.717) is 0 Å². The molecule has 1 aromatic carbocycles. The van der Waals surface area contributed by atoms with Gasteiger partial charge in [0.2, 0.25) is 0 Å². The lowest BCUT2D eigenvalue weighted by Gasteiger charge is -2.20. The van der Waals surface area contributed by atoms with E-state index >= 15 is 0 Å². The van der Waals surface area contributed by atoms with Gasteiger partial charge in [0.15, 0.2) is 11.4 Å². The van der Waals surface area contributed by atoms with Crippen LogP contribution in [0.4, 0.5) is 0 Å². The van der Waals surface area contributed by atoms with Crippen molar-refractivity contribution in [3.63, 3.8) is 0 Å². The number of pyridine rings is 1. The third-order valence-electron chi connectivity index (χ3n) is 4.01. The molecule has 2 heterocycles. The van der Waals surface area contributed by atoms with Crippen LogP contribution in [-0.2, 0) is 5.41 Å². The fourth-order valence-electron chi connectivity index (χ4n) is 2.65. The number of ether oxygens (including phenoxy) is 2. The summed E-state index contributed by atoms with van der Waals surface area (Å²) in [5.74, 6) is 1.57. The van der Waals surface area contributed by atoms with Gasteiger partial charge >= 0.3 is 0 Å². The molecule has 0 unspecified atom stereocenters. The van der Waals surface area contributed by atoms with Gasteiger partial charge in [-0.05, 0) is 35.2 Å². The number of hydrogen-bond donors (Lipinski definition) is 0. The second kappa shape index (κ2) is 5.61. The number of rotatable bonds is 3. The Kier molecular flexibility index (Phi) is 3.76. The van der Waals surface area contributed by atoms with Gasteiger partial charge in [-0.2, -0.15) is 0 Å². The first-order chi connectivity index (χ1) is 10.9. The SMILES string of the molecule is COc1ccc(C(C)(C)C)cc1-c1cn2cccc(OC)c2n1. The Bertz CT molecular complexity index is 844. The van der Waals surface area contributed by atoms with Crippen LogP contribution in [0, 0.1) is 0 Å². The second-order valence-corrected chi connectivity index (χ2v) is 6.60. The van der Waals surface area contributed by atoms with Gasteiger partial charge in [0, 0.05) is 18.0 Å². The molecule has 4 heteroatoms. The highest BCUT2D eigenvalue weighted by molar-refractivity contribution is 5.72. The second-order valence-electron chi connectivity index (χ2n) is 6.60. The molecule has 3 rings (SSSR count). The van der Waals surface area contributed by atoms with Crippen molar-refractivity contribution in [3.8, 4) is 22.8 Å². The first kappa shape index (κ1) is 15.4. The fraction of sp³-hybridized carbons (Fsp3) is 0.316. The molecular weight excluding hydrogens is 288 g/mol. The average molecular weight is 310 g/mol. The van der Waals surface area contributed by atoms with Gasteiger partial charge in [0.05, 0.1) is 19.9 Å². The highest BCUT2D eigenvalue weighted by Crippen LogP contribution is 2.35. The molecule has 0 spiro atoms. The summed E-state index contributed by atoms with van der Waals surface area (Å²) < 4.78 is 12.9. The Morgan fingerprint density at radius 1 is 1.00 bits per heavy atom. The third kappa shape index (κ3) is 2.77. The molecule has 0 N–H and O–H groups in total. The minimum atomic E-state index is 0.0673. The normalized spacial score (nSPS) is 11.7. The van der Waals surface area contributed by atoms with Crippen LogP contribution in [0.5, 0.6) is 11.5 Å². The van der Waals surface area contributed by atoms with Gasteiger partial charge in [-0.25, -0.2) is 4.98 Å². The molecule has 0 saturated heterocycles. The number of fused-ring (bicyclic) bond motifs is 1. The molecule has 4 nitrogen and oxygen atoms in total. The van der Waals surface area contributed by atoms with Crippen molar-refractivity contribution >= 4 is 5.65 Å². The van der Waals surface area contributed by atoms with Crippen molar-refractivity contribution < 1.29 is 9.47 Å². The highest BCUT2D eigenvalue weighted by Gasteiger charge is 2.18. The Morgan fingerprint density at radius 2 is 1.74 bits per heavy atom. The topological polar surface area (TPSA) is 35.8 Å². The van der Waals surface area contributed by atoms with Crippen LogP contribution in [-0.4, -0.2) is 23.6 Å². The standard InChI is InChI=1S/C19H22N2O2/c1-19(2,3)13-8-9-16(22-4)14(11-13)15-12-21-10-6-7-17(23-5)18(21)20-15/h6-12H,1-5H3. The monoisotopic (exact) mass is 310 g/mol. The molecule has 0 saturated carbocycles. The summed E-state index contributed by atoms with van der Waals surface area (Å²) in [5.41, 5.74) is 3.98. The molecule has 0 atom stereocenters. The van der Waals surface area contributed by atoms with Gasteiger partial charge in [-0.3, -0.25) is 0 Å². The zero-order valence-electron chi connectivity index (χ0n) is 14.3. The maximum Gasteiger partial charge on any atom is 0.180 e. The number of imidazole rings is 1. The Morgan fingerprint density at radius 3 is 2.39 bits per heavy atom. The first-order valence-electron chi connectivity index (χ1n) is 7.64. The van der Waals surface area contributed by atoms with Crippen molar-refractivity contribution in [2.24, 2.45) is 0 Å². The third-order valence-corrected chi connectivity index (χ3v) is 4.01. The van der Waals surface area contributed by atoms with Crippen LogP contribution in [0.2, 0.25) is 0 Å². The zero-order valence-corrected chi connectivity index (χ0v) is 14.3. The fourth-order valence-corrected chi connectivity index (χ4v) is 2.65. The van der Waals surface area contributed by atoms with Crippen molar-refractivity contribution in [3.05, 3.63) is 48.3 Å². The van der Waals surface area contributed by atoms with Crippen LogP contribution in [0.15, 0.2) is 42.7 Å². The van der Waals surface area contributed by atoms with Crippen molar-refractivity contribution in [1.82, 2.24) is 9.38 Å². The van der Waals surface area contributed by atoms with E-state index in [4.69, 9.17) is 14.5 Å². The quantitative estimate of drug-likeness (QED) is 0.723. The number of aromatic nitrogens is 2. The Hall–Kier alpha value is -2.49. The molecule has 0 aliphatic carbocycles. The van der Waals surface area contributed by atoms with E-state index in [0.717, 1.165) is 28.4 Å². The van der Waals surface area contributed by atoms with E-state index in [2.05, 4.69) is 32.9 Å². The number of hydrogen-bond acceptors (Lipinski definition) is 3. The van der Waals surface area contributed by atoms with Crippen molar-refractivity contribution in [1.29, 1.82) is 0 Å². The lowest BCUT2D eigenvalue weighted by atomic mass is 9.86. The van der Waals surface area contributed by atoms with Crippen LogP contribution >= 0.6 is 0 Å². The molecule has 0 aliphatic heterocycles. The van der Waals surface area contributed by atoms with Crippen LogP contribution in [0.3, 0.4) is 0 Å². The summed E-state index contributed by atoms with van der Waals surface area (Å²) in [5, 5.41) is 0. The molecule has 0 amide bonds. The molecule has 23 heavy (non-hydrogen) atoms. The summed E-state index contributed by atoms with van der Waals surface area (Å²) >= 11 is 0. The molecule has 0 radical (unpaired) electrons. The number of benzene rings is 1. The lowest BCUT2D eigenvalue weighted by molar-refractivity contribution is 0.415. The highest BCUT2D eigenvalue weighted by atomic mass is 16.5. The predicted molar refractivity (Wildman–Crippen MR) is 92.4 cm³/mol. The summed E-state index contributed by atoms with van der Waals surface area (Å²) in [7, 11) is 3.34. The molecule has 0 bridgehead atoms. The van der Waals surface area contributed by atoms with Crippen molar-refractivity contribution in [2.75, 3.05) is 14.2 Å². The van der Waals surface area contributed by atoms with Crippen LogP contribution in [0.1, 0.15) is 26.3 Å². The average Bonchev–Trinajstić information content (AvgIpc) is 2.97. The summed E-state index contributed by atoms with van der Waals surface area (Å²) in [6, 6.07) is 10.1. The molecule has 2 aromatic heterocycles. The van der Waals surface area contributed by atoms with E-state index in [1.54, 1.807) is 14.2 Å². The summed E-state index contributed by atoms with van der Waals surface area (Å²) in [4.78, 5) is 4.74. The van der Waals surface area contributed by atoms with Crippen LogP contribution in [0.25, 0.3) is 16.9 Å². The molecule has 0 aliphatic rings. The maximum atomic E-state index is 5.54. The number of methoxy groups -OCH3 is 2. The molecular formula is C19H22N2O2. The molecule has 0 fully saturated rings. The minimum Gasteiger partial charge on any atom is -0.496 e. The van der Waals surface area contributed by atoms with Crippen molar-refractivity contribution in [2.45, 2.75) is 26.2 Å².